The Kier molecular flexibility index (Phi) is 3.52. The minimum atomic E-state index is -0.429. The minimum Gasteiger partial charge on any atom is -0.337 e. The van der Waals surface area contributed by atoms with Crippen LogP contribution in [0.3, 0.4) is 0 Å². The van der Waals surface area contributed by atoms with E-state index in [1.807, 2.05) is 6.07 Å². The van der Waals surface area contributed by atoms with Crippen molar-refractivity contribution in [3.05, 3.63) is 28.8 Å². The number of pyridine rings is 1. The summed E-state index contributed by atoms with van der Waals surface area (Å²) in [4.78, 5) is 8.20. The quantitative estimate of drug-likeness (QED) is 0.875. The van der Waals surface area contributed by atoms with E-state index >= 15 is 0 Å². The highest BCUT2D eigenvalue weighted by atomic mass is 79.9. The third-order valence-corrected chi connectivity index (χ3v) is 2.49. The summed E-state index contributed by atoms with van der Waals surface area (Å²) in [7, 11) is 0. The third-order valence-electron chi connectivity index (χ3n) is 2.06. The largest absolute Gasteiger partial charge is 0.337 e. The van der Waals surface area contributed by atoms with E-state index in [1.165, 1.54) is 0 Å². The van der Waals surface area contributed by atoms with Crippen LogP contribution in [-0.2, 0) is 0 Å². The predicted molar refractivity (Wildman–Crippen MR) is 65.6 cm³/mol. The Bertz CT molecular complexity index is 561. The van der Waals surface area contributed by atoms with Crippen molar-refractivity contribution in [3.8, 4) is 23.7 Å². The molecule has 0 saturated carbocycles. The van der Waals surface area contributed by atoms with Gasteiger partial charge in [-0.1, -0.05) is 5.16 Å². The average molecular weight is 293 g/mol. The molecule has 1 unspecified atom stereocenters. The Morgan fingerprint density at radius 3 is 3.06 bits per heavy atom. The van der Waals surface area contributed by atoms with Crippen molar-refractivity contribution >= 4 is 15.9 Å². The molecule has 0 aliphatic heterocycles. The summed E-state index contributed by atoms with van der Waals surface area (Å²) in [5.41, 5.74) is 6.52. The molecule has 0 saturated heterocycles. The fourth-order valence-electron chi connectivity index (χ4n) is 1.25. The first-order valence-electron chi connectivity index (χ1n) is 4.84. The Morgan fingerprint density at radius 2 is 2.35 bits per heavy atom. The smallest absolute Gasteiger partial charge is 0.244 e. The minimum absolute atomic E-state index is 0.331. The van der Waals surface area contributed by atoms with Crippen LogP contribution in [0.15, 0.2) is 27.5 Å². The molecule has 0 bridgehead atoms. The molecule has 2 heterocycles. The maximum Gasteiger partial charge on any atom is 0.244 e. The van der Waals surface area contributed by atoms with Gasteiger partial charge in [-0.05, 0) is 22.0 Å². The van der Waals surface area contributed by atoms with Crippen molar-refractivity contribution in [2.75, 3.05) is 0 Å². The molecule has 2 aromatic heterocycles. The number of nitrogens with zero attached hydrogens (tertiary/aromatic N) is 3. The topological polar surface area (TPSA) is 77.8 Å². The number of hydrogen-bond donors (Lipinski definition) is 1. The molecule has 2 N–H and O–H groups in total. The Balaban J connectivity index is 2.27. The van der Waals surface area contributed by atoms with Gasteiger partial charge in [-0.25, -0.2) is 0 Å². The van der Waals surface area contributed by atoms with Gasteiger partial charge in [0.15, 0.2) is 0 Å². The highest BCUT2D eigenvalue weighted by Crippen LogP contribution is 2.20. The van der Waals surface area contributed by atoms with E-state index in [1.54, 1.807) is 12.4 Å². The van der Waals surface area contributed by atoms with E-state index in [-0.39, 0.29) is 0 Å². The zero-order valence-corrected chi connectivity index (χ0v) is 10.4. The fraction of sp³-hybridized carbons (Fsp3) is 0.182. The van der Waals surface area contributed by atoms with Gasteiger partial charge in [0.05, 0.1) is 6.04 Å². The molecular weight excluding hydrogens is 284 g/mol. The molecule has 0 spiro atoms. The van der Waals surface area contributed by atoms with Crippen molar-refractivity contribution in [1.29, 1.82) is 0 Å². The molecule has 1 atom stereocenters. The van der Waals surface area contributed by atoms with Gasteiger partial charge in [0.2, 0.25) is 11.7 Å². The molecule has 6 heteroatoms. The van der Waals surface area contributed by atoms with Crippen LogP contribution in [-0.4, -0.2) is 15.1 Å². The number of terminal acetylenes is 1. The summed E-state index contributed by atoms with van der Waals surface area (Å²) < 4.78 is 5.89. The maximum atomic E-state index is 5.76. The van der Waals surface area contributed by atoms with E-state index in [0.29, 0.717) is 18.1 Å². The lowest BCUT2D eigenvalue weighted by molar-refractivity contribution is 0.357. The Morgan fingerprint density at radius 1 is 1.53 bits per heavy atom. The van der Waals surface area contributed by atoms with Crippen molar-refractivity contribution in [1.82, 2.24) is 15.1 Å². The molecule has 0 amide bonds. The maximum absolute atomic E-state index is 5.76. The summed E-state index contributed by atoms with van der Waals surface area (Å²) in [6.45, 7) is 0. The predicted octanol–water partition coefficient (Wildman–Crippen LogP) is 1.92. The van der Waals surface area contributed by atoms with Crippen LogP contribution in [0.4, 0.5) is 0 Å². The molecule has 0 fully saturated rings. The average Bonchev–Trinajstić information content (AvgIpc) is 2.78. The van der Waals surface area contributed by atoms with Gasteiger partial charge < -0.3 is 10.3 Å². The molecule has 86 valence electrons. The van der Waals surface area contributed by atoms with Gasteiger partial charge in [0, 0.05) is 28.9 Å². The monoisotopic (exact) mass is 292 g/mol. The first-order chi connectivity index (χ1) is 8.20. The number of rotatable bonds is 3. The number of halogens is 1. The van der Waals surface area contributed by atoms with E-state index < -0.39 is 6.04 Å². The summed E-state index contributed by atoms with van der Waals surface area (Å²) in [6, 6.07) is 1.41. The van der Waals surface area contributed by atoms with Crippen LogP contribution >= 0.6 is 15.9 Å². The molecule has 0 aliphatic carbocycles. The molecule has 2 aromatic rings. The van der Waals surface area contributed by atoms with Gasteiger partial charge in [0.1, 0.15) is 0 Å². The molecule has 5 nitrogen and oxygen atoms in total. The van der Waals surface area contributed by atoms with Crippen LogP contribution < -0.4 is 5.73 Å². The van der Waals surface area contributed by atoms with E-state index in [2.05, 4.69) is 37.0 Å². The Labute approximate surface area is 107 Å². The summed E-state index contributed by atoms with van der Waals surface area (Å²) >= 11 is 3.32. The second-order valence-electron chi connectivity index (χ2n) is 3.36. The van der Waals surface area contributed by atoms with E-state index in [0.717, 1.165) is 10.0 Å². The van der Waals surface area contributed by atoms with Crippen LogP contribution in [0.25, 0.3) is 11.4 Å². The van der Waals surface area contributed by atoms with E-state index in [9.17, 15) is 0 Å². The molecule has 0 radical (unpaired) electrons. The van der Waals surface area contributed by atoms with Crippen LogP contribution in [0.5, 0.6) is 0 Å². The van der Waals surface area contributed by atoms with Gasteiger partial charge >= 0.3 is 0 Å². The first-order valence-corrected chi connectivity index (χ1v) is 5.63. The van der Waals surface area contributed by atoms with Crippen molar-refractivity contribution in [2.24, 2.45) is 5.73 Å². The Hall–Kier alpha value is -1.71. The number of nitrogens with two attached hydrogens (primary N) is 1. The zero-order valence-electron chi connectivity index (χ0n) is 8.80. The molecule has 0 aliphatic rings. The molecule has 0 aromatic carbocycles. The fourth-order valence-corrected chi connectivity index (χ4v) is 1.62. The molecule has 17 heavy (non-hydrogen) atoms. The second-order valence-corrected chi connectivity index (χ2v) is 4.28. The number of aromatic nitrogens is 3. The van der Waals surface area contributed by atoms with Crippen LogP contribution in [0.2, 0.25) is 0 Å². The molecule has 2 rings (SSSR count). The zero-order chi connectivity index (χ0) is 12.3. The van der Waals surface area contributed by atoms with Crippen molar-refractivity contribution < 1.29 is 4.52 Å². The van der Waals surface area contributed by atoms with Gasteiger partial charge in [0.25, 0.3) is 0 Å². The highest BCUT2D eigenvalue weighted by Gasteiger charge is 2.14. The van der Waals surface area contributed by atoms with Gasteiger partial charge in [-0.2, -0.15) is 4.98 Å². The van der Waals surface area contributed by atoms with Crippen LogP contribution in [0.1, 0.15) is 18.4 Å². The van der Waals surface area contributed by atoms with Crippen molar-refractivity contribution in [3.63, 3.8) is 0 Å². The second kappa shape index (κ2) is 5.08. The third kappa shape index (κ3) is 2.70. The first kappa shape index (κ1) is 11.8. The summed E-state index contributed by atoms with van der Waals surface area (Å²) in [5.74, 6) is 3.23. The highest BCUT2D eigenvalue weighted by molar-refractivity contribution is 9.10. The number of hydrogen-bond acceptors (Lipinski definition) is 5. The molecular formula is C11H9BrN4O. The SMILES string of the molecule is C#CCC(N)c1nc(-c2cncc(Br)c2)no1. The van der Waals surface area contributed by atoms with Crippen molar-refractivity contribution in [2.45, 2.75) is 12.5 Å². The lowest BCUT2D eigenvalue weighted by atomic mass is 10.2. The standard InChI is InChI=1S/C11H9BrN4O/c1-2-3-9(13)11-15-10(16-17-11)7-4-8(12)6-14-5-7/h1,4-6,9H,3,13H2. The summed E-state index contributed by atoms with van der Waals surface area (Å²) in [6.07, 6.45) is 8.85. The normalized spacial score (nSPS) is 12.1. The summed E-state index contributed by atoms with van der Waals surface area (Å²) in [5, 5.41) is 3.84. The lowest BCUT2D eigenvalue weighted by Crippen LogP contribution is -2.09. The van der Waals surface area contributed by atoms with Gasteiger partial charge in [-0.3, -0.25) is 4.98 Å². The lowest BCUT2D eigenvalue weighted by Gasteiger charge is -1.98. The van der Waals surface area contributed by atoms with Gasteiger partial charge in [-0.15, -0.1) is 12.3 Å². The van der Waals surface area contributed by atoms with Crippen LogP contribution in [0, 0.1) is 12.3 Å². The van der Waals surface area contributed by atoms with E-state index in [4.69, 9.17) is 16.7 Å².